The van der Waals surface area contributed by atoms with Crippen LogP contribution in [0.2, 0.25) is 0 Å². The summed E-state index contributed by atoms with van der Waals surface area (Å²) in [5.41, 5.74) is 7.31. The zero-order chi connectivity index (χ0) is 13.0. The van der Waals surface area contributed by atoms with Crippen LogP contribution in [0, 0.1) is 11.8 Å². The van der Waals surface area contributed by atoms with Crippen molar-refractivity contribution in [2.45, 2.75) is 27.7 Å². The van der Waals surface area contributed by atoms with Crippen molar-refractivity contribution in [3.8, 4) is 0 Å². The van der Waals surface area contributed by atoms with Crippen LogP contribution in [-0.2, 0) is 4.79 Å². The minimum Gasteiger partial charge on any atom is -0.399 e. The lowest BCUT2D eigenvalue weighted by atomic mass is 9.96. The zero-order valence-electron chi connectivity index (χ0n) is 11.1. The Morgan fingerprint density at radius 3 is 2.47 bits per heavy atom. The first-order valence-corrected chi connectivity index (χ1v) is 6.14. The van der Waals surface area contributed by atoms with E-state index in [9.17, 15) is 4.79 Å². The molecule has 0 heterocycles. The van der Waals surface area contributed by atoms with Crippen molar-refractivity contribution in [3.05, 3.63) is 24.3 Å². The van der Waals surface area contributed by atoms with Gasteiger partial charge in [0.25, 0.3) is 0 Å². The van der Waals surface area contributed by atoms with Crippen LogP contribution in [0.1, 0.15) is 27.7 Å². The normalized spacial score (nSPS) is 12.5. The molecular weight excluding hydrogens is 212 g/mol. The fourth-order valence-corrected chi connectivity index (χ4v) is 1.69. The van der Waals surface area contributed by atoms with Crippen molar-refractivity contribution in [1.29, 1.82) is 0 Å². The number of rotatable bonds is 4. The van der Waals surface area contributed by atoms with Gasteiger partial charge >= 0.3 is 0 Å². The van der Waals surface area contributed by atoms with E-state index in [1.54, 1.807) is 4.90 Å². The molecule has 3 heteroatoms. The van der Waals surface area contributed by atoms with E-state index in [0.29, 0.717) is 18.2 Å². The lowest BCUT2D eigenvalue weighted by Crippen LogP contribution is -2.36. The highest BCUT2D eigenvalue weighted by Gasteiger charge is 2.23. The molecule has 0 radical (unpaired) electrons. The van der Waals surface area contributed by atoms with Crippen molar-refractivity contribution in [2.24, 2.45) is 11.8 Å². The van der Waals surface area contributed by atoms with Gasteiger partial charge in [0, 0.05) is 23.8 Å². The molecule has 1 aromatic rings. The predicted molar refractivity (Wildman–Crippen MR) is 72.9 cm³/mol. The van der Waals surface area contributed by atoms with Gasteiger partial charge in [-0.15, -0.1) is 0 Å². The summed E-state index contributed by atoms with van der Waals surface area (Å²) in [7, 11) is 0. The second kappa shape index (κ2) is 5.71. The fourth-order valence-electron chi connectivity index (χ4n) is 1.69. The van der Waals surface area contributed by atoms with Crippen LogP contribution in [-0.4, -0.2) is 12.5 Å². The second-order valence-electron chi connectivity index (χ2n) is 4.71. The van der Waals surface area contributed by atoms with E-state index in [1.165, 1.54) is 0 Å². The molecule has 0 saturated heterocycles. The molecule has 1 rings (SSSR count). The largest absolute Gasteiger partial charge is 0.399 e. The molecule has 2 N–H and O–H groups in total. The molecule has 0 aliphatic rings. The van der Waals surface area contributed by atoms with Gasteiger partial charge in [0.2, 0.25) is 5.91 Å². The Morgan fingerprint density at radius 1 is 1.35 bits per heavy atom. The van der Waals surface area contributed by atoms with Crippen LogP contribution in [0.25, 0.3) is 0 Å². The number of carbonyl (C=O) groups excluding carboxylic acids is 1. The maximum absolute atomic E-state index is 12.3. The summed E-state index contributed by atoms with van der Waals surface area (Å²) in [6.07, 6.45) is 0. The van der Waals surface area contributed by atoms with Gasteiger partial charge in [-0.05, 0) is 31.0 Å². The van der Waals surface area contributed by atoms with Crippen molar-refractivity contribution in [1.82, 2.24) is 0 Å². The second-order valence-corrected chi connectivity index (χ2v) is 4.71. The number of hydrogen-bond acceptors (Lipinski definition) is 2. The summed E-state index contributed by atoms with van der Waals surface area (Å²) in [6, 6.07) is 7.47. The van der Waals surface area contributed by atoms with Crippen LogP contribution in [0.3, 0.4) is 0 Å². The van der Waals surface area contributed by atoms with Gasteiger partial charge in [-0.1, -0.05) is 26.8 Å². The van der Waals surface area contributed by atoms with Gasteiger partial charge in [-0.3, -0.25) is 4.79 Å². The maximum Gasteiger partial charge on any atom is 0.230 e. The molecule has 3 nitrogen and oxygen atoms in total. The highest BCUT2D eigenvalue weighted by Crippen LogP contribution is 2.21. The van der Waals surface area contributed by atoms with Gasteiger partial charge in [0.15, 0.2) is 0 Å². The van der Waals surface area contributed by atoms with Crippen LogP contribution in [0.4, 0.5) is 11.4 Å². The third kappa shape index (κ3) is 3.22. The van der Waals surface area contributed by atoms with Gasteiger partial charge < -0.3 is 10.6 Å². The number of carbonyl (C=O) groups is 1. The van der Waals surface area contributed by atoms with Crippen LogP contribution in [0.15, 0.2) is 24.3 Å². The Balaban J connectivity index is 2.96. The Bertz CT molecular complexity index is 388. The van der Waals surface area contributed by atoms with Crippen molar-refractivity contribution in [2.75, 3.05) is 17.2 Å². The molecule has 1 aromatic carbocycles. The number of benzene rings is 1. The Hall–Kier alpha value is -1.51. The summed E-state index contributed by atoms with van der Waals surface area (Å²) in [5.74, 6) is 0.530. The minimum absolute atomic E-state index is 0.0244. The number of hydrogen-bond donors (Lipinski definition) is 1. The number of anilines is 2. The van der Waals surface area contributed by atoms with Gasteiger partial charge in [0.05, 0.1) is 0 Å². The quantitative estimate of drug-likeness (QED) is 0.814. The average Bonchev–Trinajstić information content (AvgIpc) is 2.28. The predicted octanol–water partition coefficient (Wildman–Crippen LogP) is 2.91. The van der Waals surface area contributed by atoms with Crippen LogP contribution in [0.5, 0.6) is 0 Å². The van der Waals surface area contributed by atoms with E-state index >= 15 is 0 Å². The molecule has 94 valence electrons. The third-order valence-electron chi connectivity index (χ3n) is 3.15. The molecule has 0 aliphatic carbocycles. The van der Waals surface area contributed by atoms with E-state index in [0.717, 1.165) is 5.69 Å². The van der Waals surface area contributed by atoms with E-state index in [4.69, 9.17) is 5.73 Å². The van der Waals surface area contributed by atoms with Gasteiger partial charge in [-0.2, -0.15) is 0 Å². The summed E-state index contributed by atoms with van der Waals surface area (Å²) < 4.78 is 0. The monoisotopic (exact) mass is 234 g/mol. The molecule has 0 fully saturated rings. The lowest BCUT2D eigenvalue weighted by molar-refractivity contribution is -0.123. The smallest absolute Gasteiger partial charge is 0.230 e. The molecule has 0 spiro atoms. The highest BCUT2D eigenvalue weighted by atomic mass is 16.2. The van der Waals surface area contributed by atoms with Crippen molar-refractivity contribution < 1.29 is 4.79 Å². The number of nitrogens with two attached hydrogens (primary N) is 1. The van der Waals surface area contributed by atoms with E-state index in [2.05, 4.69) is 13.8 Å². The van der Waals surface area contributed by atoms with E-state index in [1.807, 2.05) is 38.1 Å². The summed E-state index contributed by atoms with van der Waals surface area (Å²) >= 11 is 0. The molecule has 1 unspecified atom stereocenters. The highest BCUT2D eigenvalue weighted by molar-refractivity contribution is 5.95. The molecule has 17 heavy (non-hydrogen) atoms. The fraction of sp³-hybridized carbons (Fsp3) is 0.500. The molecule has 0 aromatic heterocycles. The summed E-state index contributed by atoms with van der Waals surface area (Å²) in [5, 5.41) is 0. The van der Waals surface area contributed by atoms with Crippen molar-refractivity contribution >= 4 is 17.3 Å². The zero-order valence-corrected chi connectivity index (χ0v) is 11.1. The first kappa shape index (κ1) is 13.6. The SMILES string of the molecule is CCN(C(=O)C(C)C(C)C)c1cccc(N)c1. The molecule has 0 aliphatic heterocycles. The number of nitrogen functional groups attached to an aromatic ring is 1. The third-order valence-corrected chi connectivity index (χ3v) is 3.15. The molecule has 0 bridgehead atoms. The van der Waals surface area contributed by atoms with E-state index in [-0.39, 0.29) is 11.8 Å². The Labute approximate surface area is 104 Å². The van der Waals surface area contributed by atoms with Gasteiger partial charge in [0.1, 0.15) is 0 Å². The maximum atomic E-state index is 12.3. The number of nitrogens with zero attached hydrogens (tertiary/aromatic N) is 1. The summed E-state index contributed by atoms with van der Waals surface area (Å²) in [6.45, 7) is 8.75. The lowest BCUT2D eigenvalue weighted by Gasteiger charge is -2.26. The first-order chi connectivity index (χ1) is 7.97. The average molecular weight is 234 g/mol. The topological polar surface area (TPSA) is 46.3 Å². The minimum atomic E-state index is 0.0244. The van der Waals surface area contributed by atoms with E-state index < -0.39 is 0 Å². The summed E-state index contributed by atoms with van der Waals surface area (Å²) in [4.78, 5) is 14.1. The Kier molecular flexibility index (Phi) is 4.55. The molecule has 1 atom stereocenters. The van der Waals surface area contributed by atoms with Crippen molar-refractivity contribution in [3.63, 3.8) is 0 Å². The number of amides is 1. The van der Waals surface area contributed by atoms with Crippen LogP contribution < -0.4 is 10.6 Å². The molecule has 0 saturated carbocycles. The van der Waals surface area contributed by atoms with Gasteiger partial charge in [-0.25, -0.2) is 0 Å². The van der Waals surface area contributed by atoms with Crippen LogP contribution >= 0.6 is 0 Å². The standard InChI is InChI=1S/C14H22N2O/c1-5-16(14(17)11(4)10(2)3)13-8-6-7-12(15)9-13/h6-11H,5,15H2,1-4H3. The molecule has 1 amide bonds. The first-order valence-electron chi connectivity index (χ1n) is 6.14. The Morgan fingerprint density at radius 2 is 2.00 bits per heavy atom. The molecular formula is C14H22N2O.